The van der Waals surface area contributed by atoms with Gasteiger partial charge in [0.05, 0.1) is 19.3 Å². The lowest BCUT2D eigenvalue weighted by molar-refractivity contribution is -0.111. The number of aromatic nitrogens is 1. The number of aliphatic hydroxyl groups is 1. The molecule has 1 aromatic carbocycles. The summed E-state index contributed by atoms with van der Waals surface area (Å²) in [6.45, 7) is 8.57. The molecule has 1 aliphatic heterocycles. The van der Waals surface area contributed by atoms with Crippen molar-refractivity contribution in [2.45, 2.75) is 58.8 Å². The maximum atomic E-state index is 14.6. The summed E-state index contributed by atoms with van der Waals surface area (Å²) in [6.07, 6.45) is 9.39. The molecule has 1 amide bonds. The first kappa shape index (κ1) is 35.6. The van der Waals surface area contributed by atoms with Crippen molar-refractivity contribution in [1.29, 1.82) is 0 Å². The van der Waals surface area contributed by atoms with Crippen LogP contribution in [0.2, 0.25) is 0 Å². The number of hydrogen-bond donors (Lipinski definition) is 1. The predicted octanol–water partition coefficient (Wildman–Crippen LogP) is 5.47. The molecule has 1 N–H and O–H groups in total. The number of carbonyl (C=O) groups is 3. The highest BCUT2D eigenvalue weighted by molar-refractivity contribution is 5.68. The number of anilines is 1. The number of hydrogen-bond acceptors (Lipinski definition) is 8. The van der Waals surface area contributed by atoms with Gasteiger partial charge in [0, 0.05) is 57.1 Å². The van der Waals surface area contributed by atoms with Crippen LogP contribution in [-0.2, 0) is 25.6 Å². The Hall–Kier alpha value is -3.89. The summed E-state index contributed by atoms with van der Waals surface area (Å²) in [6, 6.07) is 8.52. The zero-order chi connectivity index (χ0) is 32.8. The van der Waals surface area contributed by atoms with E-state index in [4.69, 9.17) is 9.47 Å². The van der Waals surface area contributed by atoms with Gasteiger partial charge in [-0.1, -0.05) is 31.6 Å². The molecule has 1 aliphatic rings. The van der Waals surface area contributed by atoms with Gasteiger partial charge in [0.25, 0.3) is 0 Å². The standard InChI is InChI=1S/C35H46FN3O6/c1-25(33(24-41)27(3)19-29-20-30(36)22-31(21-29)39-14-17-44-18-15-39)6-8-34(26(2)5-7-32(42)11-16-40)45-35(43)38(4)23-28-9-12-37-13-10-28/h6,8-10,12-13,16,19-22,24-26,32-34,42H,5,7,11,14-15,17-18,23H2,1-4H3/b8-6+,27-19+/t25-,26-,32+,33-,34-/m0/s1. The molecule has 244 valence electrons. The molecule has 0 unspecified atom stereocenters. The molecular weight excluding hydrogens is 577 g/mol. The lowest BCUT2D eigenvalue weighted by atomic mass is 9.86. The van der Waals surface area contributed by atoms with Crippen molar-refractivity contribution in [1.82, 2.24) is 9.88 Å². The van der Waals surface area contributed by atoms with Gasteiger partial charge in [-0.05, 0) is 79.1 Å². The van der Waals surface area contributed by atoms with Crippen LogP contribution < -0.4 is 4.90 Å². The maximum Gasteiger partial charge on any atom is 0.410 e. The van der Waals surface area contributed by atoms with Crippen LogP contribution in [0.5, 0.6) is 0 Å². The number of pyridine rings is 1. The number of carbonyl (C=O) groups excluding carboxylic acids is 3. The van der Waals surface area contributed by atoms with Crippen LogP contribution in [0.3, 0.4) is 0 Å². The number of halogens is 1. The quantitative estimate of drug-likeness (QED) is 0.194. The fourth-order valence-corrected chi connectivity index (χ4v) is 5.32. The topological polar surface area (TPSA) is 109 Å². The second-order valence-corrected chi connectivity index (χ2v) is 11.8. The number of nitrogens with zero attached hydrogens (tertiary/aromatic N) is 3. The molecule has 9 nitrogen and oxygen atoms in total. The minimum absolute atomic E-state index is 0.0462. The second-order valence-electron chi connectivity index (χ2n) is 11.8. The van der Waals surface area contributed by atoms with E-state index in [2.05, 4.69) is 9.88 Å². The molecule has 3 rings (SSSR count). The Kier molecular flexibility index (Phi) is 14.4. The van der Waals surface area contributed by atoms with Gasteiger partial charge in [0.1, 0.15) is 24.5 Å². The van der Waals surface area contributed by atoms with Crippen LogP contribution in [0.15, 0.2) is 60.5 Å². The van der Waals surface area contributed by atoms with Crippen molar-refractivity contribution in [2.75, 3.05) is 38.3 Å². The van der Waals surface area contributed by atoms with E-state index < -0.39 is 24.2 Å². The lowest BCUT2D eigenvalue weighted by Gasteiger charge is -2.29. The molecular formula is C35H46FN3O6. The van der Waals surface area contributed by atoms with E-state index in [1.807, 2.05) is 51.1 Å². The van der Waals surface area contributed by atoms with Crippen molar-refractivity contribution in [3.8, 4) is 0 Å². The zero-order valence-corrected chi connectivity index (χ0v) is 26.7. The molecule has 1 saturated heterocycles. The third-order valence-electron chi connectivity index (χ3n) is 8.12. The maximum absolute atomic E-state index is 14.6. The molecule has 0 aliphatic carbocycles. The van der Waals surface area contributed by atoms with Gasteiger partial charge >= 0.3 is 6.09 Å². The van der Waals surface area contributed by atoms with Crippen LogP contribution in [0.1, 0.15) is 51.2 Å². The van der Waals surface area contributed by atoms with E-state index in [0.717, 1.165) is 23.1 Å². The van der Waals surface area contributed by atoms with Gasteiger partial charge in [0.15, 0.2) is 0 Å². The number of rotatable bonds is 16. The third kappa shape index (κ3) is 11.5. The van der Waals surface area contributed by atoms with Gasteiger partial charge in [-0.25, -0.2) is 9.18 Å². The third-order valence-corrected chi connectivity index (χ3v) is 8.12. The smallest absolute Gasteiger partial charge is 0.410 e. The summed E-state index contributed by atoms with van der Waals surface area (Å²) in [5.74, 6) is -1.27. The summed E-state index contributed by atoms with van der Waals surface area (Å²) in [5, 5.41) is 10.1. The molecule has 2 heterocycles. The first-order valence-electron chi connectivity index (χ1n) is 15.5. The van der Waals surface area contributed by atoms with Crippen LogP contribution in [0, 0.1) is 23.6 Å². The van der Waals surface area contributed by atoms with E-state index in [1.165, 1.54) is 17.0 Å². The summed E-state index contributed by atoms with van der Waals surface area (Å²) < 4.78 is 25.9. The number of allylic oxidation sites excluding steroid dienone is 2. The summed E-state index contributed by atoms with van der Waals surface area (Å²) in [4.78, 5) is 43.7. The van der Waals surface area contributed by atoms with E-state index in [0.29, 0.717) is 57.5 Å². The highest BCUT2D eigenvalue weighted by atomic mass is 19.1. The lowest BCUT2D eigenvalue weighted by Crippen LogP contribution is -2.36. The number of aliphatic hydroxyl groups excluding tert-OH is 1. The van der Waals surface area contributed by atoms with Crippen molar-refractivity contribution in [3.63, 3.8) is 0 Å². The molecule has 1 fully saturated rings. The van der Waals surface area contributed by atoms with Gasteiger partial charge < -0.3 is 34.0 Å². The molecule has 45 heavy (non-hydrogen) atoms. The normalized spacial score (nSPS) is 17.3. The molecule has 0 bridgehead atoms. The number of amides is 1. The van der Waals surface area contributed by atoms with Gasteiger partial charge in [-0.2, -0.15) is 0 Å². The van der Waals surface area contributed by atoms with Crippen LogP contribution in [-0.4, -0.2) is 79.2 Å². The molecule has 5 atom stereocenters. The molecule has 0 spiro atoms. The fraction of sp³-hybridized carbons (Fsp3) is 0.486. The first-order chi connectivity index (χ1) is 21.6. The second kappa shape index (κ2) is 18.2. The molecule has 0 saturated carbocycles. The Bertz CT molecular complexity index is 1300. The Balaban J connectivity index is 1.75. The van der Waals surface area contributed by atoms with E-state index in [9.17, 15) is 23.9 Å². The van der Waals surface area contributed by atoms with E-state index in [-0.39, 0.29) is 24.1 Å². The number of morpholine rings is 1. The monoisotopic (exact) mass is 623 g/mol. The highest BCUT2D eigenvalue weighted by Crippen LogP contribution is 2.27. The average Bonchev–Trinajstić information content (AvgIpc) is 3.02. The van der Waals surface area contributed by atoms with Crippen molar-refractivity contribution < 1.29 is 33.4 Å². The van der Waals surface area contributed by atoms with Crippen LogP contribution >= 0.6 is 0 Å². The molecule has 10 heteroatoms. The Morgan fingerprint density at radius 2 is 1.84 bits per heavy atom. The Morgan fingerprint density at radius 3 is 2.51 bits per heavy atom. The predicted molar refractivity (Wildman–Crippen MR) is 172 cm³/mol. The van der Waals surface area contributed by atoms with Gasteiger partial charge in [-0.3, -0.25) is 4.98 Å². The number of benzene rings is 1. The zero-order valence-electron chi connectivity index (χ0n) is 26.7. The summed E-state index contributed by atoms with van der Waals surface area (Å²) >= 11 is 0. The summed E-state index contributed by atoms with van der Waals surface area (Å²) in [7, 11) is 1.65. The van der Waals surface area contributed by atoms with Crippen molar-refractivity contribution in [3.05, 3.63) is 77.4 Å². The Morgan fingerprint density at radius 1 is 1.13 bits per heavy atom. The minimum Gasteiger partial charge on any atom is -0.442 e. The van der Waals surface area contributed by atoms with Crippen molar-refractivity contribution in [2.24, 2.45) is 17.8 Å². The van der Waals surface area contributed by atoms with E-state index in [1.54, 1.807) is 25.5 Å². The molecule has 1 aromatic heterocycles. The van der Waals surface area contributed by atoms with Crippen LogP contribution in [0.4, 0.5) is 14.9 Å². The SMILES string of the molecule is C/C(=C\c1cc(F)cc(N2CCOCC2)c1)[C@@H](C=O)[C@@H](C)/C=C/[C@H](OC(=O)N(C)Cc1ccncc1)[C@@H](C)CC[C@@H](O)CC=O. The van der Waals surface area contributed by atoms with Gasteiger partial charge in [-0.15, -0.1) is 0 Å². The van der Waals surface area contributed by atoms with Crippen LogP contribution in [0.25, 0.3) is 6.08 Å². The molecule has 0 radical (unpaired) electrons. The number of aldehydes is 2. The fourth-order valence-electron chi connectivity index (χ4n) is 5.32. The minimum atomic E-state index is -0.766. The molecule has 2 aromatic rings. The summed E-state index contributed by atoms with van der Waals surface area (Å²) in [5.41, 5.74) is 3.13. The number of ether oxygens (including phenoxy) is 2. The first-order valence-corrected chi connectivity index (χ1v) is 15.5. The van der Waals surface area contributed by atoms with Crippen molar-refractivity contribution >= 4 is 30.4 Å². The average molecular weight is 624 g/mol. The highest BCUT2D eigenvalue weighted by Gasteiger charge is 2.24. The Labute approximate surface area is 265 Å². The van der Waals surface area contributed by atoms with E-state index >= 15 is 0 Å². The van der Waals surface area contributed by atoms with Gasteiger partial charge in [0.2, 0.25) is 0 Å². The largest absolute Gasteiger partial charge is 0.442 e.